The van der Waals surface area contributed by atoms with E-state index in [1.807, 2.05) is 12.1 Å². The van der Waals surface area contributed by atoms with Crippen molar-refractivity contribution >= 4 is 0 Å². The summed E-state index contributed by atoms with van der Waals surface area (Å²) >= 11 is 0. The number of benzene rings is 1. The van der Waals surface area contributed by atoms with Crippen LogP contribution in [0, 0.1) is 0 Å². The second-order valence-electron chi connectivity index (χ2n) is 6.28. The molecular weight excluding hydrogens is 282 g/mol. The van der Waals surface area contributed by atoms with Crippen LogP contribution in [-0.2, 0) is 16.0 Å². The van der Waals surface area contributed by atoms with Crippen molar-refractivity contribution in [1.82, 2.24) is 4.90 Å². The molecule has 1 aromatic carbocycles. The predicted molar refractivity (Wildman–Crippen MR) is 85.7 cm³/mol. The Hall–Kier alpha value is -1.30. The van der Waals surface area contributed by atoms with Gasteiger partial charge in [-0.15, -0.1) is 0 Å². The molecule has 0 aliphatic carbocycles. The highest BCUT2D eigenvalue weighted by Gasteiger charge is 2.33. The van der Waals surface area contributed by atoms with Crippen LogP contribution in [0.2, 0.25) is 0 Å². The molecule has 1 saturated heterocycles. The van der Waals surface area contributed by atoms with E-state index in [4.69, 9.17) is 18.9 Å². The van der Waals surface area contributed by atoms with E-state index in [0.29, 0.717) is 6.61 Å². The lowest BCUT2D eigenvalue weighted by molar-refractivity contribution is -0.154. The van der Waals surface area contributed by atoms with Crippen LogP contribution in [0.1, 0.15) is 19.4 Å². The highest BCUT2D eigenvalue weighted by molar-refractivity contribution is 5.46. The normalized spacial score (nSPS) is 21.6. The summed E-state index contributed by atoms with van der Waals surface area (Å²) in [5.41, 5.74) is 0.934. The maximum absolute atomic E-state index is 6.06. The molecule has 1 heterocycles. The lowest BCUT2D eigenvalue weighted by Crippen LogP contribution is -2.53. The second kappa shape index (κ2) is 7.31. The summed E-state index contributed by atoms with van der Waals surface area (Å²) < 4.78 is 22.2. The van der Waals surface area contributed by atoms with Crippen molar-refractivity contribution in [3.05, 3.63) is 23.8 Å². The van der Waals surface area contributed by atoms with Crippen molar-refractivity contribution in [2.45, 2.75) is 32.1 Å². The molecule has 1 aliphatic heterocycles. The molecule has 0 amide bonds. The fraction of sp³-hybridized carbons (Fsp3) is 0.647. The first-order valence-electron chi connectivity index (χ1n) is 7.58. The van der Waals surface area contributed by atoms with Gasteiger partial charge in [-0.3, -0.25) is 4.90 Å². The van der Waals surface area contributed by atoms with Gasteiger partial charge in [0.15, 0.2) is 11.5 Å². The van der Waals surface area contributed by atoms with Crippen LogP contribution < -0.4 is 9.47 Å². The molecule has 1 aromatic rings. The average molecular weight is 309 g/mol. The van der Waals surface area contributed by atoms with Gasteiger partial charge in [-0.1, -0.05) is 12.1 Å². The first-order chi connectivity index (χ1) is 10.5. The summed E-state index contributed by atoms with van der Waals surface area (Å²) in [5.74, 6) is 1.57. The standard InChI is InChI=1S/C17H27NO4/c1-17(2)12-18(10-14(22-17)11-19-3)9-13-7-6-8-15(20-4)16(13)21-5/h6-8,14H,9-12H2,1-5H3. The number of para-hydroxylation sites is 1. The smallest absolute Gasteiger partial charge is 0.165 e. The Labute approximate surface area is 133 Å². The first-order valence-corrected chi connectivity index (χ1v) is 7.58. The van der Waals surface area contributed by atoms with Crippen LogP contribution in [0.4, 0.5) is 0 Å². The number of hydrogen-bond acceptors (Lipinski definition) is 5. The number of hydrogen-bond donors (Lipinski definition) is 0. The Bertz CT molecular complexity index is 490. The number of rotatable bonds is 6. The third-order valence-corrected chi connectivity index (χ3v) is 3.78. The quantitative estimate of drug-likeness (QED) is 0.806. The molecule has 0 saturated carbocycles. The summed E-state index contributed by atoms with van der Waals surface area (Å²) in [5, 5.41) is 0. The molecule has 1 aliphatic rings. The number of nitrogens with zero attached hydrogens (tertiary/aromatic N) is 1. The average Bonchev–Trinajstić information content (AvgIpc) is 2.45. The molecule has 0 N–H and O–H groups in total. The molecule has 1 fully saturated rings. The van der Waals surface area contributed by atoms with Crippen molar-refractivity contribution in [1.29, 1.82) is 0 Å². The van der Waals surface area contributed by atoms with Gasteiger partial charge in [-0.2, -0.15) is 0 Å². The summed E-state index contributed by atoms with van der Waals surface area (Å²) in [4.78, 5) is 2.38. The molecule has 0 bridgehead atoms. The molecule has 5 nitrogen and oxygen atoms in total. The van der Waals surface area contributed by atoms with E-state index in [-0.39, 0.29) is 11.7 Å². The van der Waals surface area contributed by atoms with Gasteiger partial charge in [0.2, 0.25) is 0 Å². The van der Waals surface area contributed by atoms with Gasteiger partial charge < -0.3 is 18.9 Å². The van der Waals surface area contributed by atoms with E-state index >= 15 is 0 Å². The highest BCUT2D eigenvalue weighted by atomic mass is 16.5. The van der Waals surface area contributed by atoms with Gasteiger partial charge in [-0.05, 0) is 19.9 Å². The van der Waals surface area contributed by atoms with Crippen LogP contribution in [0.15, 0.2) is 18.2 Å². The number of morpholine rings is 1. The molecular formula is C17H27NO4. The zero-order valence-electron chi connectivity index (χ0n) is 14.2. The highest BCUT2D eigenvalue weighted by Crippen LogP contribution is 2.32. The zero-order valence-corrected chi connectivity index (χ0v) is 14.2. The first kappa shape index (κ1) is 17.1. The summed E-state index contributed by atoms with van der Waals surface area (Å²) in [6.45, 7) is 7.35. The fourth-order valence-electron chi connectivity index (χ4n) is 3.13. The Kier molecular flexibility index (Phi) is 5.67. The third-order valence-electron chi connectivity index (χ3n) is 3.78. The second-order valence-corrected chi connectivity index (χ2v) is 6.28. The van der Waals surface area contributed by atoms with Crippen molar-refractivity contribution in [2.24, 2.45) is 0 Å². The molecule has 22 heavy (non-hydrogen) atoms. The van der Waals surface area contributed by atoms with Crippen LogP contribution in [0.25, 0.3) is 0 Å². The van der Waals surface area contributed by atoms with E-state index in [9.17, 15) is 0 Å². The van der Waals surface area contributed by atoms with Gasteiger partial charge in [-0.25, -0.2) is 0 Å². The van der Waals surface area contributed by atoms with Crippen molar-refractivity contribution in [3.63, 3.8) is 0 Å². The van der Waals surface area contributed by atoms with Crippen LogP contribution in [-0.4, -0.2) is 57.6 Å². The molecule has 1 unspecified atom stereocenters. The van der Waals surface area contributed by atoms with Gasteiger partial charge in [0.25, 0.3) is 0 Å². The molecule has 124 valence electrons. The molecule has 0 spiro atoms. The van der Waals surface area contributed by atoms with Crippen LogP contribution in [0.5, 0.6) is 11.5 Å². The Balaban J connectivity index is 2.15. The summed E-state index contributed by atoms with van der Waals surface area (Å²) in [6, 6.07) is 5.99. The molecule has 0 radical (unpaired) electrons. The molecule has 2 rings (SSSR count). The lowest BCUT2D eigenvalue weighted by atomic mass is 10.0. The van der Waals surface area contributed by atoms with Gasteiger partial charge in [0.05, 0.1) is 32.5 Å². The minimum absolute atomic E-state index is 0.0883. The van der Waals surface area contributed by atoms with Crippen molar-refractivity contribution < 1.29 is 18.9 Å². The Morgan fingerprint density at radius 1 is 1.23 bits per heavy atom. The summed E-state index contributed by atoms with van der Waals surface area (Å²) in [6.07, 6.45) is 0.0883. The molecule has 5 heteroatoms. The molecule has 0 aromatic heterocycles. The Morgan fingerprint density at radius 2 is 2.00 bits per heavy atom. The largest absolute Gasteiger partial charge is 0.493 e. The van der Waals surface area contributed by atoms with E-state index in [1.54, 1.807) is 21.3 Å². The summed E-state index contributed by atoms with van der Waals surface area (Å²) in [7, 11) is 5.05. The predicted octanol–water partition coefficient (Wildman–Crippen LogP) is 2.33. The van der Waals surface area contributed by atoms with Gasteiger partial charge >= 0.3 is 0 Å². The van der Waals surface area contributed by atoms with E-state index in [0.717, 1.165) is 36.7 Å². The maximum Gasteiger partial charge on any atom is 0.165 e. The lowest BCUT2D eigenvalue weighted by Gasteiger charge is -2.42. The van der Waals surface area contributed by atoms with Crippen molar-refractivity contribution in [2.75, 3.05) is 41.0 Å². The van der Waals surface area contributed by atoms with Crippen LogP contribution in [0.3, 0.4) is 0 Å². The SMILES string of the molecule is COCC1CN(Cc2cccc(OC)c2OC)CC(C)(C)O1. The van der Waals surface area contributed by atoms with Crippen LogP contribution >= 0.6 is 0 Å². The van der Waals surface area contributed by atoms with Crippen molar-refractivity contribution in [3.8, 4) is 11.5 Å². The van der Waals surface area contributed by atoms with E-state index in [1.165, 1.54) is 0 Å². The molecule has 1 atom stereocenters. The Morgan fingerprint density at radius 3 is 2.64 bits per heavy atom. The van der Waals surface area contributed by atoms with E-state index in [2.05, 4.69) is 24.8 Å². The third kappa shape index (κ3) is 4.12. The minimum Gasteiger partial charge on any atom is -0.493 e. The topological polar surface area (TPSA) is 40.2 Å². The van der Waals surface area contributed by atoms with Gasteiger partial charge in [0, 0.05) is 32.3 Å². The number of ether oxygens (including phenoxy) is 4. The van der Waals surface area contributed by atoms with E-state index < -0.39 is 0 Å². The zero-order chi connectivity index (χ0) is 16.2. The van der Waals surface area contributed by atoms with Gasteiger partial charge in [0.1, 0.15) is 0 Å². The maximum atomic E-state index is 6.06. The minimum atomic E-state index is -0.187. The number of methoxy groups -OCH3 is 3. The fourth-order valence-corrected chi connectivity index (χ4v) is 3.13. The monoisotopic (exact) mass is 309 g/mol.